The van der Waals surface area contributed by atoms with Gasteiger partial charge < -0.3 is 15.4 Å². The van der Waals surface area contributed by atoms with Crippen LogP contribution in [0.4, 0.5) is 38.1 Å². The first-order chi connectivity index (χ1) is 14.3. The Kier molecular flexibility index (Phi) is 6.05. The monoisotopic (exact) mass is 449 g/mol. The van der Waals surface area contributed by atoms with E-state index in [1.165, 1.54) is 7.11 Å². The van der Waals surface area contributed by atoms with Crippen molar-refractivity contribution >= 4 is 11.8 Å². The summed E-state index contributed by atoms with van der Waals surface area (Å²) in [4.78, 5) is 11.2. The van der Waals surface area contributed by atoms with Gasteiger partial charge in [0, 0.05) is 49.3 Å². The number of ether oxygens (including phenoxy) is 1. The van der Waals surface area contributed by atoms with Crippen LogP contribution in [-0.2, 0) is 23.6 Å². The molecule has 0 aliphatic heterocycles. The summed E-state index contributed by atoms with van der Waals surface area (Å²) in [6.07, 6.45) is -6.30. The molecule has 0 spiro atoms. The SMILES string of the molecule is COC1CC(Nc2nc(NCc3cnccc3C(F)(F)F)ncc2C(F)(F)F)C1(C)C. The molecule has 0 amide bonds. The molecule has 12 heteroatoms. The zero-order valence-electron chi connectivity index (χ0n) is 16.9. The summed E-state index contributed by atoms with van der Waals surface area (Å²) in [6, 6.07) is 0.485. The van der Waals surface area contributed by atoms with Crippen molar-refractivity contribution in [1.29, 1.82) is 0 Å². The van der Waals surface area contributed by atoms with Crippen LogP contribution in [0.5, 0.6) is 0 Å². The number of aromatic nitrogens is 3. The van der Waals surface area contributed by atoms with Gasteiger partial charge in [-0.3, -0.25) is 4.98 Å². The minimum Gasteiger partial charge on any atom is -0.381 e. The van der Waals surface area contributed by atoms with E-state index in [1.54, 1.807) is 0 Å². The van der Waals surface area contributed by atoms with Gasteiger partial charge in [0.1, 0.15) is 11.4 Å². The van der Waals surface area contributed by atoms with Gasteiger partial charge in [-0.15, -0.1) is 0 Å². The van der Waals surface area contributed by atoms with E-state index in [2.05, 4.69) is 25.6 Å². The third-order valence-electron chi connectivity index (χ3n) is 5.51. The number of rotatable bonds is 6. The average molecular weight is 449 g/mol. The van der Waals surface area contributed by atoms with Crippen LogP contribution in [0.1, 0.15) is 37.0 Å². The maximum absolute atomic E-state index is 13.4. The molecule has 0 bridgehead atoms. The van der Waals surface area contributed by atoms with E-state index in [0.717, 1.165) is 18.5 Å². The van der Waals surface area contributed by atoms with Crippen molar-refractivity contribution in [3.8, 4) is 0 Å². The number of alkyl halides is 6. The standard InChI is InChI=1S/C19H21F6N5O/c1-17(2)13(6-14(17)31-3)29-15-12(19(23,24)25)9-28-16(30-15)27-8-10-7-26-5-4-11(10)18(20,21)22/h4-5,7,9,13-14H,6,8H2,1-3H3,(H2,27,28,29,30). The molecule has 0 radical (unpaired) electrons. The Bertz CT molecular complexity index is 931. The molecule has 2 aromatic heterocycles. The van der Waals surface area contributed by atoms with E-state index in [-0.39, 0.29) is 30.2 Å². The Morgan fingerprint density at radius 3 is 2.35 bits per heavy atom. The lowest BCUT2D eigenvalue weighted by Gasteiger charge is -2.51. The maximum atomic E-state index is 13.4. The first kappa shape index (κ1) is 23.0. The van der Waals surface area contributed by atoms with Crippen molar-refractivity contribution in [3.63, 3.8) is 0 Å². The predicted molar refractivity (Wildman–Crippen MR) is 100 cm³/mol. The Hall–Kier alpha value is -2.63. The second kappa shape index (κ2) is 8.13. The average Bonchev–Trinajstić information content (AvgIpc) is 2.68. The predicted octanol–water partition coefficient (Wildman–Crippen LogP) is 4.75. The molecule has 1 aliphatic rings. The van der Waals surface area contributed by atoms with Crippen molar-refractivity contribution in [2.45, 2.75) is 51.3 Å². The first-order valence-electron chi connectivity index (χ1n) is 9.31. The van der Waals surface area contributed by atoms with E-state index < -0.39 is 34.7 Å². The quantitative estimate of drug-likeness (QED) is 0.621. The summed E-state index contributed by atoms with van der Waals surface area (Å²) in [5.74, 6) is -0.687. The Balaban J connectivity index is 1.83. The molecule has 2 aromatic rings. The van der Waals surface area contributed by atoms with Crippen molar-refractivity contribution in [1.82, 2.24) is 15.0 Å². The van der Waals surface area contributed by atoms with Gasteiger partial charge >= 0.3 is 12.4 Å². The molecule has 0 saturated heterocycles. The molecule has 170 valence electrons. The number of nitrogens with zero attached hydrogens (tertiary/aromatic N) is 3. The largest absolute Gasteiger partial charge is 0.421 e. The van der Waals surface area contributed by atoms with Crippen LogP contribution < -0.4 is 10.6 Å². The van der Waals surface area contributed by atoms with Crippen LogP contribution in [0.15, 0.2) is 24.7 Å². The van der Waals surface area contributed by atoms with Crippen molar-refractivity contribution in [3.05, 3.63) is 41.3 Å². The van der Waals surface area contributed by atoms with E-state index in [1.807, 2.05) is 13.8 Å². The van der Waals surface area contributed by atoms with E-state index in [0.29, 0.717) is 12.6 Å². The smallest absolute Gasteiger partial charge is 0.381 e. The third-order valence-corrected chi connectivity index (χ3v) is 5.51. The van der Waals surface area contributed by atoms with Gasteiger partial charge in [-0.1, -0.05) is 13.8 Å². The Morgan fingerprint density at radius 2 is 1.77 bits per heavy atom. The fourth-order valence-corrected chi connectivity index (χ4v) is 3.50. The lowest BCUT2D eigenvalue weighted by molar-refractivity contribution is -0.138. The molecule has 2 atom stereocenters. The zero-order chi connectivity index (χ0) is 23.0. The minimum absolute atomic E-state index is 0.120. The summed E-state index contributed by atoms with van der Waals surface area (Å²) < 4.78 is 84.9. The molecule has 2 heterocycles. The second-order valence-corrected chi connectivity index (χ2v) is 7.82. The highest BCUT2D eigenvalue weighted by atomic mass is 19.4. The van der Waals surface area contributed by atoms with Crippen LogP contribution in [0.3, 0.4) is 0 Å². The molecular formula is C19H21F6N5O. The fourth-order valence-electron chi connectivity index (χ4n) is 3.50. The van der Waals surface area contributed by atoms with Crippen LogP contribution in [0.25, 0.3) is 0 Å². The number of pyridine rings is 1. The lowest BCUT2D eigenvalue weighted by atomic mass is 9.64. The highest BCUT2D eigenvalue weighted by Crippen LogP contribution is 2.45. The normalized spacial score (nSPS) is 20.8. The van der Waals surface area contributed by atoms with Gasteiger partial charge in [0.2, 0.25) is 5.95 Å². The molecule has 3 rings (SSSR count). The molecule has 1 aliphatic carbocycles. The summed E-state index contributed by atoms with van der Waals surface area (Å²) >= 11 is 0. The molecule has 2 N–H and O–H groups in total. The van der Waals surface area contributed by atoms with Crippen molar-refractivity contribution in [2.75, 3.05) is 17.7 Å². The van der Waals surface area contributed by atoms with Crippen molar-refractivity contribution in [2.24, 2.45) is 5.41 Å². The molecule has 31 heavy (non-hydrogen) atoms. The Labute approximate surface area is 174 Å². The number of anilines is 2. The minimum atomic E-state index is -4.71. The number of halogens is 6. The van der Waals surface area contributed by atoms with Gasteiger partial charge in [-0.25, -0.2) is 4.98 Å². The van der Waals surface area contributed by atoms with E-state index >= 15 is 0 Å². The van der Waals surface area contributed by atoms with Gasteiger partial charge in [0.15, 0.2) is 0 Å². The molecule has 0 aromatic carbocycles. The summed E-state index contributed by atoms with van der Waals surface area (Å²) in [7, 11) is 1.53. The van der Waals surface area contributed by atoms with Crippen LogP contribution in [0.2, 0.25) is 0 Å². The van der Waals surface area contributed by atoms with Crippen LogP contribution in [-0.4, -0.2) is 34.2 Å². The first-order valence-corrected chi connectivity index (χ1v) is 9.31. The van der Waals surface area contributed by atoms with Gasteiger partial charge in [0.05, 0.1) is 11.7 Å². The number of nitrogens with one attached hydrogen (secondary N) is 2. The summed E-state index contributed by atoms with van der Waals surface area (Å²) in [5.41, 5.74) is -2.58. The molecule has 2 unspecified atom stereocenters. The second-order valence-electron chi connectivity index (χ2n) is 7.82. The number of methoxy groups -OCH3 is 1. The fraction of sp³-hybridized carbons (Fsp3) is 0.526. The summed E-state index contributed by atoms with van der Waals surface area (Å²) in [6.45, 7) is 3.35. The molecule has 6 nitrogen and oxygen atoms in total. The zero-order valence-corrected chi connectivity index (χ0v) is 16.9. The van der Waals surface area contributed by atoms with Gasteiger partial charge in [-0.05, 0) is 12.5 Å². The van der Waals surface area contributed by atoms with Gasteiger partial charge in [0.25, 0.3) is 0 Å². The third kappa shape index (κ3) is 4.83. The topological polar surface area (TPSA) is 72.0 Å². The number of hydrogen-bond acceptors (Lipinski definition) is 6. The highest BCUT2D eigenvalue weighted by molar-refractivity contribution is 5.50. The lowest BCUT2D eigenvalue weighted by Crippen LogP contribution is -2.58. The van der Waals surface area contributed by atoms with Crippen LogP contribution in [0, 0.1) is 5.41 Å². The highest BCUT2D eigenvalue weighted by Gasteiger charge is 2.49. The van der Waals surface area contributed by atoms with E-state index in [9.17, 15) is 26.3 Å². The summed E-state index contributed by atoms with van der Waals surface area (Å²) in [5, 5.41) is 5.35. The molecular weight excluding hydrogens is 428 g/mol. The van der Waals surface area contributed by atoms with Gasteiger partial charge in [-0.2, -0.15) is 31.3 Å². The van der Waals surface area contributed by atoms with Crippen molar-refractivity contribution < 1.29 is 31.1 Å². The maximum Gasteiger partial charge on any atom is 0.421 e. The van der Waals surface area contributed by atoms with Crippen LogP contribution >= 0.6 is 0 Å². The molecule has 1 fully saturated rings. The van der Waals surface area contributed by atoms with E-state index in [4.69, 9.17) is 4.74 Å². The number of hydrogen-bond donors (Lipinski definition) is 2. The molecule has 1 saturated carbocycles. The Morgan fingerprint density at radius 1 is 1.10 bits per heavy atom.